The second kappa shape index (κ2) is 26.9. The number of unbranched alkanes of at least 4 members (excludes halogenated alkanes) is 2. The molecule has 23 heteroatoms. The molecule has 2 rings (SSSR count). The third-order valence-corrected chi connectivity index (χ3v) is 11.9. The van der Waals surface area contributed by atoms with Crippen LogP contribution in [0.2, 0.25) is 0 Å². The summed E-state index contributed by atoms with van der Waals surface area (Å²) in [6.07, 6.45) is 3.68. The highest BCUT2D eigenvalue weighted by atomic mass is 32.2. The zero-order valence-electron chi connectivity index (χ0n) is 35.4. The Balaban J connectivity index is 1.76. The lowest BCUT2D eigenvalue weighted by Gasteiger charge is -2.28. The summed E-state index contributed by atoms with van der Waals surface area (Å²) < 4.78 is 0. The molecule has 2 heterocycles. The van der Waals surface area contributed by atoms with Crippen molar-refractivity contribution in [1.29, 1.82) is 0 Å². The molecule has 2 aliphatic heterocycles. The number of urea groups is 1. The molecule has 0 spiro atoms. The first-order valence-electron chi connectivity index (χ1n) is 20.7. The van der Waals surface area contributed by atoms with Crippen molar-refractivity contribution in [3.05, 3.63) is 0 Å². The molecule has 22 nitrogen and oxygen atoms in total. The van der Waals surface area contributed by atoms with E-state index in [1.165, 1.54) is 5.48 Å². The van der Waals surface area contributed by atoms with Crippen LogP contribution in [0.4, 0.5) is 4.79 Å². The van der Waals surface area contributed by atoms with Gasteiger partial charge >= 0.3 is 6.03 Å². The number of amides is 11. The number of carbonyl (C=O) groups is 10. The number of carbonyl (C=O) groups excluding carboxylic acids is 10. The minimum atomic E-state index is -1.54. The van der Waals surface area contributed by atoms with Crippen LogP contribution >= 0.6 is 11.8 Å². The van der Waals surface area contributed by atoms with E-state index in [9.17, 15) is 47.9 Å². The molecule has 0 radical (unpaired) electrons. The normalized spacial score (nSPS) is 19.0. The average molecular weight is 884 g/mol. The van der Waals surface area contributed by atoms with E-state index in [1.807, 2.05) is 25.6 Å². The van der Waals surface area contributed by atoms with Crippen LogP contribution in [0.5, 0.6) is 0 Å². The zero-order chi connectivity index (χ0) is 45.6. The number of rotatable bonds is 29. The Morgan fingerprint density at radius 1 is 0.770 bits per heavy atom. The number of primary amides is 2. The Morgan fingerprint density at radius 2 is 1.48 bits per heavy atom. The van der Waals surface area contributed by atoms with Gasteiger partial charge in [-0.05, 0) is 50.4 Å². The van der Waals surface area contributed by atoms with E-state index in [0.717, 1.165) is 18.6 Å². The maximum absolute atomic E-state index is 13.4. The molecule has 8 atom stereocenters. The van der Waals surface area contributed by atoms with Crippen molar-refractivity contribution in [2.75, 3.05) is 25.4 Å². The van der Waals surface area contributed by atoms with Crippen LogP contribution in [-0.2, 0) is 43.2 Å². The number of hydroxylamine groups is 1. The van der Waals surface area contributed by atoms with Gasteiger partial charge in [-0.25, -0.2) is 10.3 Å². The molecular weight excluding hydrogens is 819 g/mol. The first-order valence-corrected chi connectivity index (χ1v) is 21.8. The van der Waals surface area contributed by atoms with Gasteiger partial charge in [0.15, 0.2) is 0 Å². The first kappa shape index (κ1) is 51.9. The molecule has 2 fully saturated rings. The third kappa shape index (κ3) is 19.4. The second-order valence-electron chi connectivity index (χ2n) is 15.9. The van der Waals surface area contributed by atoms with Crippen molar-refractivity contribution in [2.24, 2.45) is 29.2 Å². The summed E-state index contributed by atoms with van der Waals surface area (Å²) in [5.74, 6) is -7.08. The molecule has 0 aromatic rings. The molecule has 0 aliphatic carbocycles. The van der Waals surface area contributed by atoms with Gasteiger partial charge in [0.1, 0.15) is 18.1 Å². The lowest BCUT2D eigenvalue weighted by Crippen LogP contribution is -2.57. The Hall–Kier alpha value is -5.19. The summed E-state index contributed by atoms with van der Waals surface area (Å²) in [7, 11) is 0. The summed E-state index contributed by atoms with van der Waals surface area (Å²) in [6.45, 7) is 6.22. The van der Waals surface area contributed by atoms with E-state index in [0.29, 0.717) is 43.9 Å². The third-order valence-electron chi connectivity index (χ3n) is 10.4. The Kier molecular flexibility index (Phi) is 22.9. The molecule has 0 bridgehead atoms. The van der Waals surface area contributed by atoms with Gasteiger partial charge in [0.2, 0.25) is 53.2 Å². The molecule has 0 aromatic carbocycles. The number of hydrogen-bond donors (Lipinski definition) is 12. The monoisotopic (exact) mass is 883 g/mol. The van der Waals surface area contributed by atoms with Crippen molar-refractivity contribution < 1.29 is 53.2 Å². The van der Waals surface area contributed by atoms with Gasteiger partial charge in [0.05, 0.1) is 31.6 Å². The summed E-state index contributed by atoms with van der Waals surface area (Å²) in [5.41, 5.74) is 12.3. The van der Waals surface area contributed by atoms with E-state index >= 15 is 0 Å². The standard InChI is InChI=1S/C38H65N11O11S/c1-5-21(4)32(47-35(56)22(14-20(2)3)15-29(52)49-60)37(58)45-24(16-27(39)50)36(57)43-17-30(53)42-18-31(54)44-23(34(40)55)10-8-9-13-41-28(51)12-7-6-11-26-33-25(19-61-26)46-38(59)48-33/h20-26,32-33,60H,5-19H2,1-4H3,(H2,39,50)(H2,40,55)(H,41,51)(H,42,53)(H,43,57)(H,44,54)(H,45,58)(H,47,56)(H,49,52)(H2,46,48,59)/t21-,22?,23-,24-,25-,26-,32-,33-/m0/s1. The molecule has 0 aromatic heterocycles. The maximum atomic E-state index is 13.4. The zero-order valence-corrected chi connectivity index (χ0v) is 36.2. The number of thioether (sulfide) groups is 1. The summed E-state index contributed by atoms with van der Waals surface area (Å²) in [4.78, 5) is 124. The van der Waals surface area contributed by atoms with E-state index in [2.05, 4.69) is 42.5 Å². The second-order valence-corrected chi connectivity index (χ2v) is 17.2. The molecule has 2 aliphatic rings. The van der Waals surface area contributed by atoms with Crippen LogP contribution in [0.1, 0.15) is 98.3 Å². The van der Waals surface area contributed by atoms with Crippen molar-refractivity contribution in [3.8, 4) is 0 Å². The molecule has 11 amide bonds. The molecule has 1 unspecified atom stereocenters. The number of fused-ring (bicyclic) bond motifs is 1. The Bertz CT molecular complexity index is 1570. The van der Waals surface area contributed by atoms with Crippen LogP contribution in [0, 0.1) is 17.8 Å². The van der Waals surface area contributed by atoms with Crippen molar-refractivity contribution >= 4 is 71.0 Å². The van der Waals surface area contributed by atoms with Crippen LogP contribution in [0.15, 0.2) is 0 Å². The van der Waals surface area contributed by atoms with Crippen LogP contribution < -0.4 is 59.5 Å². The van der Waals surface area contributed by atoms with Crippen LogP contribution in [0.25, 0.3) is 0 Å². The minimum Gasteiger partial charge on any atom is -0.370 e. The van der Waals surface area contributed by atoms with Gasteiger partial charge in [-0.15, -0.1) is 0 Å². The predicted octanol–water partition coefficient (Wildman–Crippen LogP) is -2.35. The summed E-state index contributed by atoms with van der Waals surface area (Å²) >= 11 is 1.83. The van der Waals surface area contributed by atoms with Gasteiger partial charge in [0, 0.05) is 36.3 Å². The summed E-state index contributed by atoms with van der Waals surface area (Å²) in [5, 5.41) is 30.0. The van der Waals surface area contributed by atoms with Gasteiger partial charge in [-0.3, -0.25) is 48.4 Å². The molecule has 61 heavy (non-hydrogen) atoms. The minimum absolute atomic E-state index is 0.0100. The fraction of sp³-hybridized carbons (Fsp3) is 0.737. The predicted molar refractivity (Wildman–Crippen MR) is 223 cm³/mol. The van der Waals surface area contributed by atoms with Gasteiger partial charge in [0.25, 0.3) is 0 Å². The highest BCUT2D eigenvalue weighted by Gasteiger charge is 2.42. The highest BCUT2D eigenvalue weighted by molar-refractivity contribution is 8.00. The van der Waals surface area contributed by atoms with Crippen molar-refractivity contribution in [3.63, 3.8) is 0 Å². The van der Waals surface area contributed by atoms with E-state index < -0.39 is 96.7 Å². The van der Waals surface area contributed by atoms with Crippen LogP contribution in [0.3, 0.4) is 0 Å². The maximum Gasteiger partial charge on any atom is 0.315 e. The fourth-order valence-electron chi connectivity index (χ4n) is 6.89. The molecule has 344 valence electrons. The Morgan fingerprint density at radius 3 is 2.11 bits per heavy atom. The lowest BCUT2D eigenvalue weighted by atomic mass is 9.91. The van der Waals surface area contributed by atoms with Crippen molar-refractivity contribution in [1.82, 2.24) is 48.0 Å². The summed E-state index contributed by atoms with van der Waals surface area (Å²) in [6, 6.07) is -3.62. The fourth-order valence-corrected chi connectivity index (χ4v) is 8.44. The largest absolute Gasteiger partial charge is 0.370 e. The van der Waals surface area contributed by atoms with Gasteiger partial charge in [-0.2, -0.15) is 11.8 Å². The smallest absolute Gasteiger partial charge is 0.315 e. The van der Waals surface area contributed by atoms with E-state index in [4.69, 9.17) is 16.7 Å². The topological polar surface area (TPSA) is 351 Å². The molecule has 14 N–H and O–H groups in total. The quantitative estimate of drug-likeness (QED) is 0.0163. The number of hydrogen-bond acceptors (Lipinski definition) is 12. The van der Waals surface area contributed by atoms with E-state index in [-0.39, 0.29) is 49.2 Å². The lowest BCUT2D eigenvalue weighted by molar-refractivity contribution is -0.138. The van der Waals surface area contributed by atoms with E-state index in [1.54, 1.807) is 13.8 Å². The number of nitrogens with one attached hydrogen (secondary N) is 9. The van der Waals surface area contributed by atoms with Gasteiger partial charge < -0.3 is 54.0 Å². The molecule has 2 saturated heterocycles. The first-order chi connectivity index (χ1) is 28.8. The molecule has 0 saturated carbocycles. The number of nitrogens with two attached hydrogens (primary N) is 2. The highest BCUT2D eigenvalue weighted by Crippen LogP contribution is 2.33. The SMILES string of the molecule is CC[C@H](C)[C@H](NC(=O)C(CC(=O)NO)CC(C)C)C(=O)N[C@@H](CC(N)=O)C(=O)NCC(=O)NCC(=O)N[C@@H](CCCCNC(=O)CCCC[C@@H]1SC[C@@H]2NC(=O)N[C@@H]21)C(N)=O. The van der Waals surface area contributed by atoms with Crippen molar-refractivity contribution in [2.45, 2.75) is 134 Å². The molecular formula is C38H65N11O11S. The average Bonchev–Trinajstić information content (AvgIpc) is 3.76. The van der Waals surface area contributed by atoms with Gasteiger partial charge in [-0.1, -0.05) is 40.5 Å². The van der Waals surface area contributed by atoms with Crippen LogP contribution in [-0.4, -0.2) is 125 Å². The Labute approximate surface area is 359 Å².